The quantitative estimate of drug-likeness (QED) is 0.892. The lowest BCUT2D eigenvalue weighted by Gasteiger charge is -2.36. The van der Waals surface area contributed by atoms with Gasteiger partial charge in [-0.3, -0.25) is 0 Å². The zero-order chi connectivity index (χ0) is 13.2. The van der Waals surface area contributed by atoms with E-state index in [9.17, 15) is 0 Å². The molecule has 0 saturated heterocycles. The smallest absolute Gasteiger partial charge is 0.243 e. The maximum atomic E-state index is 5.97. The van der Waals surface area contributed by atoms with Gasteiger partial charge in [-0.25, -0.2) is 0 Å². The van der Waals surface area contributed by atoms with E-state index in [0.717, 1.165) is 31.6 Å². The first-order valence-electron chi connectivity index (χ1n) is 6.81. The molecule has 2 rings (SSSR count). The minimum atomic E-state index is -0.363. The standard InChI is InChI=1S/C13H23N3O2/c1-4-17-13(7-5-9(2)6-8-13)12-15-11(10(3)14)18-16-12/h9-10H,4-8,14H2,1-3H3/t9?,10-,13?/m0/s1. The van der Waals surface area contributed by atoms with Gasteiger partial charge in [0.1, 0.15) is 5.60 Å². The zero-order valence-electron chi connectivity index (χ0n) is 11.5. The van der Waals surface area contributed by atoms with Gasteiger partial charge in [-0.2, -0.15) is 4.98 Å². The third-order valence-electron chi connectivity index (χ3n) is 3.74. The number of hydrogen-bond donors (Lipinski definition) is 1. The Labute approximate surface area is 108 Å². The normalized spacial score (nSPS) is 30.3. The molecule has 1 aliphatic carbocycles. The van der Waals surface area contributed by atoms with E-state index in [1.165, 1.54) is 0 Å². The fraction of sp³-hybridized carbons (Fsp3) is 0.846. The Balaban J connectivity index is 2.23. The molecule has 1 aromatic rings. The van der Waals surface area contributed by atoms with Crippen molar-refractivity contribution in [1.29, 1.82) is 0 Å². The first-order chi connectivity index (χ1) is 8.57. The van der Waals surface area contributed by atoms with Gasteiger partial charge in [0.25, 0.3) is 0 Å². The summed E-state index contributed by atoms with van der Waals surface area (Å²) < 4.78 is 11.2. The topological polar surface area (TPSA) is 74.2 Å². The van der Waals surface area contributed by atoms with Gasteiger partial charge in [0.05, 0.1) is 6.04 Å². The van der Waals surface area contributed by atoms with Crippen molar-refractivity contribution in [2.24, 2.45) is 11.7 Å². The van der Waals surface area contributed by atoms with Crippen LogP contribution in [0.5, 0.6) is 0 Å². The second kappa shape index (κ2) is 5.36. The molecule has 1 saturated carbocycles. The van der Waals surface area contributed by atoms with Gasteiger partial charge in [0.2, 0.25) is 11.7 Å². The summed E-state index contributed by atoms with van der Waals surface area (Å²) in [5.41, 5.74) is 5.40. The second-order valence-electron chi connectivity index (χ2n) is 5.35. The molecule has 102 valence electrons. The fourth-order valence-corrected chi connectivity index (χ4v) is 2.54. The van der Waals surface area contributed by atoms with Crippen LogP contribution in [0.3, 0.4) is 0 Å². The predicted octanol–water partition coefficient (Wildman–Crippen LogP) is 2.53. The number of ether oxygens (including phenoxy) is 1. The maximum absolute atomic E-state index is 5.97. The molecule has 2 N–H and O–H groups in total. The van der Waals surface area contributed by atoms with Crippen molar-refractivity contribution in [3.63, 3.8) is 0 Å². The SMILES string of the molecule is CCOC1(c2noc([C@H](C)N)n2)CCC(C)CC1. The Morgan fingerprint density at radius 3 is 2.67 bits per heavy atom. The van der Waals surface area contributed by atoms with Crippen molar-refractivity contribution < 1.29 is 9.26 Å². The highest BCUT2D eigenvalue weighted by molar-refractivity contribution is 5.05. The maximum Gasteiger partial charge on any atom is 0.243 e. The Bertz CT molecular complexity index is 381. The molecule has 0 bridgehead atoms. The van der Waals surface area contributed by atoms with Gasteiger partial charge in [-0.05, 0) is 45.4 Å². The van der Waals surface area contributed by atoms with Gasteiger partial charge in [0, 0.05) is 6.61 Å². The average molecular weight is 253 g/mol. The van der Waals surface area contributed by atoms with E-state index in [4.69, 9.17) is 15.0 Å². The molecule has 0 aliphatic heterocycles. The minimum absolute atomic E-state index is 0.229. The third kappa shape index (κ3) is 2.57. The highest BCUT2D eigenvalue weighted by Crippen LogP contribution is 2.41. The van der Waals surface area contributed by atoms with Crippen molar-refractivity contribution in [3.05, 3.63) is 11.7 Å². The number of nitrogens with zero attached hydrogens (tertiary/aromatic N) is 2. The molecule has 18 heavy (non-hydrogen) atoms. The van der Waals surface area contributed by atoms with Gasteiger partial charge in [-0.1, -0.05) is 12.1 Å². The van der Waals surface area contributed by atoms with E-state index in [0.29, 0.717) is 18.3 Å². The van der Waals surface area contributed by atoms with Crippen molar-refractivity contribution in [1.82, 2.24) is 10.1 Å². The van der Waals surface area contributed by atoms with Gasteiger partial charge in [-0.15, -0.1) is 0 Å². The number of nitrogens with two attached hydrogens (primary N) is 1. The predicted molar refractivity (Wildman–Crippen MR) is 67.8 cm³/mol. The first kappa shape index (κ1) is 13.5. The van der Waals surface area contributed by atoms with Crippen molar-refractivity contribution in [3.8, 4) is 0 Å². The molecule has 0 spiro atoms. The average Bonchev–Trinajstić information content (AvgIpc) is 2.83. The summed E-state index contributed by atoms with van der Waals surface area (Å²) in [6.07, 6.45) is 4.20. The number of aromatic nitrogens is 2. The lowest BCUT2D eigenvalue weighted by molar-refractivity contribution is -0.0847. The Kier molecular flexibility index (Phi) is 4.02. The van der Waals surface area contributed by atoms with Crippen LogP contribution in [0.4, 0.5) is 0 Å². The van der Waals surface area contributed by atoms with E-state index in [1.54, 1.807) is 0 Å². The van der Waals surface area contributed by atoms with Crippen LogP contribution in [0.2, 0.25) is 0 Å². The lowest BCUT2D eigenvalue weighted by Crippen LogP contribution is -2.35. The number of rotatable bonds is 4. The Hall–Kier alpha value is -0.940. The largest absolute Gasteiger partial charge is 0.367 e. The molecule has 0 aromatic carbocycles. The first-order valence-corrected chi connectivity index (χ1v) is 6.81. The summed E-state index contributed by atoms with van der Waals surface area (Å²) in [4.78, 5) is 4.42. The van der Waals surface area contributed by atoms with Crippen LogP contribution >= 0.6 is 0 Å². The van der Waals surface area contributed by atoms with E-state index in [1.807, 2.05) is 13.8 Å². The highest BCUT2D eigenvalue weighted by Gasteiger charge is 2.40. The van der Waals surface area contributed by atoms with E-state index in [-0.39, 0.29) is 11.6 Å². The molecule has 5 heteroatoms. The molecule has 1 aromatic heterocycles. The van der Waals surface area contributed by atoms with Crippen LogP contribution in [0.15, 0.2) is 4.52 Å². The molecule has 1 heterocycles. The summed E-state index contributed by atoms with van der Waals surface area (Å²) in [7, 11) is 0. The summed E-state index contributed by atoms with van der Waals surface area (Å²) in [5.74, 6) is 1.91. The Morgan fingerprint density at radius 1 is 1.50 bits per heavy atom. The van der Waals surface area contributed by atoms with E-state index in [2.05, 4.69) is 17.1 Å². The van der Waals surface area contributed by atoms with Crippen molar-refractivity contribution >= 4 is 0 Å². The summed E-state index contributed by atoms with van der Waals surface area (Å²) >= 11 is 0. The molecule has 5 nitrogen and oxygen atoms in total. The molecular weight excluding hydrogens is 230 g/mol. The van der Waals surface area contributed by atoms with Crippen molar-refractivity contribution in [2.75, 3.05) is 6.61 Å². The summed E-state index contributed by atoms with van der Waals surface area (Å²) in [5, 5.41) is 4.09. The summed E-state index contributed by atoms with van der Waals surface area (Å²) in [6.45, 7) is 6.79. The van der Waals surface area contributed by atoms with Gasteiger partial charge < -0.3 is 15.0 Å². The van der Waals surface area contributed by atoms with Crippen LogP contribution in [-0.4, -0.2) is 16.7 Å². The number of hydrogen-bond acceptors (Lipinski definition) is 5. The van der Waals surface area contributed by atoms with E-state index < -0.39 is 0 Å². The zero-order valence-corrected chi connectivity index (χ0v) is 11.5. The summed E-state index contributed by atoms with van der Waals surface area (Å²) in [6, 6.07) is -0.229. The van der Waals surface area contributed by atoms with Crippen LogP contribution in [0.1, 0.15) is 64.2 Å². The molecule has 0 amide bonds. The molecule has 0 unspecified atom stereocenters. The highest BCUT2D eigenvalue weighted by atomic mass is 16.5. The second-order valence-corrected chi connectivity index (χ2v) is 5.35. The molecular formula is C13H23N3O2. The monoisotopic (exact) mass is 253 g/mol. The minimum Gasteiger partial charge on any atom is -0.367 e. The van der Waals surface area contributed by atoms with Crippen LogP contribution in [-0.2, 0) is 10.3 Å². The Morgan fingerprint density at radius 2 is 2.17 bits per heavy atom. The van der Waals surface area contributed by atoms with Gasteiger partial charge >= 0.3 is 0 Å². The molecule has 1 aliphatic rings. The van der Waals surface area contributed by atoms with Crippen LogP contribution in [0.25, 0.3) is 0 Å². The fourth-order valence-electron chi connectivity index (χ4n) is 2.54. The third-order valence-corrected chi connectivity index (χ3v) is 3.74. The van der Waals surface area contributed by atoms with E-state index >= 15 is 0 Å². The molecule has 1 atom stereocenters. The van der Waals surface area contributed by atoms with Gasteiger partial charge in [0.15, 0.2) is 0 Å². The van der Waals surface area contributed by atoms with Crippen LogP contribution in [0, 0.1) is 5.92 Å². The molecule has 0 radical (unpaired) electrons. The van der Waals surface area contributed by atoms with Crippen LogP contribution < -0.4 is 5.73 Å². The lowest BCUT2D eigenvalue weighted by atomic mass is 9.79. The van der Waals surface area contributed by atoms with Crippen molar-refractivity contribution in [2.45, 2.75) is 58.1 Å². The molecule has 1 fully saturated rings.